The summed E-state index contributed by atoms with van der Waals surface area (Å²) in [6.07, 6.45) is 5.65. The molecule has 1 N–H and O–H groups in total. The van der Waals surface area contributed by atoms with E-state index in [9.17, 15) is 0 Å². The summed E-state index contributed by atoms with van der Waals surface area (Å²) >= 11 is 3.46. The van der Waals surface area contributed by atoms with Crippen LogP contribution in [0.2, 0.25) is 0 Å². The number of nitrogens with zero attached hydrogens (tertiary/aromatic N) is 1. The van der Waals surface area contributed by atoms with Gasteiger partial charge < -0.3 is 5.32 Å². The molecule has 1 heterocycles. The van der Waals surface area contributed by atoms with Crippen LogP contribution in [0.3, 0.4) is 0 Å². The number of rotatable bonds is 6. The smallest absolute Gasteiger partial charge is 0.126 e. The van der Waals surface area contributed by atoms with Gasteiger partial charge in [-0.05, 0) is 53.7 Å². The first-order chi connectivity index (χ1) is 7.99. The summed E-state index contributed by atoms with van der Waals surface area (Å²) in [5, 5.41) is 3.45. The van der Waals surface area contributed by atoms with E-state index >= 15 is 0 Å². The van der Waals surface area contributed by atoms with Crippen molar-refractivity contribution in [1.82, 2.24) is 4.98 Å². The van der Waals surface area contributed by atoms with E-state index in [2.05, 4.69) is 60.0 Å². The Hall–Kier alpha value is -0.570. The monoisotopic (exact) mass is 298 g/mol. The molecule has 17 heavy (non-hydrogen) atoms. The summed E-state index contributed by atoms with van der Waals surface area (Å²) in [5.41, 5.74) is 1.22. The van der Waals surface area contributed by atoms with Crippen LogP contribution in [0, 0.1) is 12.8 Å². The standard InChI is InChI=1S/C14H23BrN2/c1-10(2)6-5-7-12(4)17-14-8-11(3)13(15)9-16-14/h8-10,12H,5-7H2,1-4H3,(H,16,17). The first-order valence-electron chi connectivity index (χ1n) is 6.37. The second-order valence-corrected chi connectivity index (χ2v) is 6.04. The normalized spacial score (nSPS) is 12.8. The average molecular weight is 299 g/mol. The molecule has 1 atom stereocenters. The highest BCUT2D eigenvalue weighted by molar-refractivity contribution is 9.10. The van der Waals surface area contributed by atoms with Gasteiger partial charge in [-0.2, -0.15) is 0 Å². The van der Waals surface area contributed by atoms with Crippen molar-refractivity contribution in [3.63, 3.8) is 0 Å². The van der Waals surface area contributed by atoms with Crippen molar-refractivity contribution >= 4 is 21.7 Å². The van der Waals surface area contributed by atoms with Gasteiger partial charge in [-0.1, -0.05) is 26.7 Å². The number of hydrogen-bond acceptors (Lipinski definition) is 2. The number of pyridine rings is 1. The molecule has 0 spiro atoms. The molecule has 2 nitrogen and oxygen atoms in total. The molecule has 0 fully saturated rings. The lowest BCUT2D eigenvalue weighted by molar-refractivity contribution is 0.520. The van der Waals surface area contributed by atoms with Gasteiger partial charge in [0.2, 0.25) is 0 Å². The number of aromatic nitrogens is 1. The Morgan fingerprint density at radius 1 is 1.29 bits per heavy atom. The summed E-state index contributed by atoms with van der Waals surface area (Å²) in [4.78, 5) is 4.36. The molecule has 0 bridgehead atoms. The fourth-order valence-corrected chi connectivity index (χ4v) is 1.99. The van der Waals surface area contributed by atoms with Crippen LogP contribution in [0.25, 0.3) is 0 Å². The molecule has 0 aliphatic heterocycles. The van der Waals surface area contributed by atoms with Gasteiger partial charge in [0, 0.05) is 16.7 Å². The topological polar surface area (TPSA) is 24.9 Å². The van der Waals surface area contributed by atoms with Crippen molar-refractivity contribution in [2.24, 2.45) is 5.92 Å². The lowest BCUT2D eigenvalue weighted by Crippen LogP contribution is -2.16. The summed E-state index contributed by atoms with van der Waals surface area (Å²) in [7, 11) is 0. The minimum Gasteiger partial charge on any atom is -0.368 e. The minimum absolute atomic E-state index is 0.488. The van der Waals surface area contributed by atoms with Crippen LogP contribution in [0.5, 0.6) is 0 Å². The average Bonchev–Trinajstić information content (AvgIpc) is 2.23. The third kappa shape index (κ3) is 5.53. The second kappa shape index (κ2) is 7.00. The first kappa shape index (κ1) is 14.5. The molecule has 1 unspecified atom stereocenters. The van der Waals surface area contributed by atoms with Crippen molar-refractivity contribution < 1.29 is 0 Å². The molecule has 0 aromatic carbocycles. The number of halogens is 1. The fraction of sp³-hybridized carbons (Fsp3) is 0.643. The summed E-state index contributed by atoms with van der Waals surface area (Å²) in [5.74, 6) is 1.78. The fourth-order valence-electron chi connectivity index (χ4n) is 1.78. The van der Waals surface area contributed by atoms with E-state index in [-0.39, 0.29) is 0 Å². The Balaban J connectivity index is 2.39. The van der Waals surface area contributed by atoms with Gasteiger partial charge in [-0.3, -0.25) is 0 Å². The van der Waals surface area contributed by atoms with Crippen LogP contribution in [0.4, 0.5) is 5.82 Å². The number of anilines is 1. The highest BCUT2D eigenvalue weighted by Gasteiger charge is 2.05. The van der Waals surface area contributed by atoms with Crippen molar-refractivity contribution in [2.45, 2.75) is 53.0 Å². The molecule has 3 heteroatoms. The van der Waals surface area contributed by atoms with Gasteiger partial charge in [0.25, 0.3) is 0 Å². The molecule has 0 aliphatic carbocycles. The van der Waals surface area contributed by atoms with Crippen molar-refractivity contribution in [1.29, 1.82) is 0 Å². The maximum absolute atomic E-state index is 4.36. The maximum Gasteiger partial charge on any atom is 0.126 e. The Bertz CT molecular complexity index is 350. The summed E-state index contributed by atoms with van der Waals surface area (Å²) < 4.78 is 1.07. The molecule has 96 valence electrons. The highest BCUT2D eigenvalue weighted by Crippen LogP contribution is 2.18. The van der Waals surface area contributed by atoms with Crippen LogP contribution < -0.4 is 5.32 Å². The van der Waals surface area contributed by atoms with Crippen molar-refractivity contribution in [3.8, 4) is 0 Å². The molecule has 1 rings (SSSR count). The lowest BCUT2D eigenvalue weighted by Gasteiger charge is -2.15. The van der Waals surface area contributed by atoms with Gasteiger partial charge in [-0.15, -0.1) is 0 Å². The van der Waals surface area contributed by atoms with E-state index in [0.29, 0.717) is 6.04 Å². The third-order valence-corrected chi connectivity index (χ3v) is 3.69. The van der Waals surface area contributed by atoms with Crippen LogP contribution in [-0.2, 0) is 0 Å². The van der Waals surface area contributed by atoms with Crippen LogP contribution >= 0.6 is 15.9 Å². The minimum atomic E-state index is 0.488. The van der Waals surface area contributed by atoms with E-state index in [1.807, 2.05) is 6.20 Å². The van der Waals surface area contributed by atoms with Gasteiger partial charge >= 0.3 is 0 Å². The predicted octanol–water partition coefficient (Wildman–Crippen LogP) is 4.78. The molecule has 1 aromatic rings. The Morgan fingerprint density at radius 2 is 2.00 bits per heavy atom. The predicted molar refractivity (Wildman–Crippen MR) is 78.4 cm³/mol. The maximum atomic E-state index is 4.36. The van der Waals surface area contributed by atoms with E-state index in [0.717, 1.165) is 16.2 Å². The third-order valence-electron chi connectivity index (χ3n) is 2.86. The zero-order valence-corrected chi connectivity index (χ0v) is 12.8. The van der Waals surface area contributed by atoms with Crippen molar-refractivity contribution in [3.05, 3.63) is 22.3 Å². The zero-order chi connectivity index (χ0) is 12.8. The Labute approximate surface area is 113 Å². The summed E-state index contributed by atoms with van der Waals surface area (Å²) in [6, 6.07) is 2.57. The SMILES string of the molecule is Cc1cc(NC(C)CCCC(C)C)ncc1Br. The Kier molecular flexibility index (Phi) is 5.96. The number of nitrogens with one attached hydrogen (secondary N) is 1. The zero-order valence-electron chi connectivity index (χ0n) is 11.3. The van der Waals surface area contributed by atoms with E-state index < -0.39 is 0 Å². The van der Waals surface area contributed by atoms with Gasteiger partial charge in [0.05, 0.1) is 0 Å². The Morgan fingerprint density at radius 3 is 2.59 bits per heavy atom. The molecule has 1 aromatic heterocycles. The molecule has 0 amide bonds. The van der Waals surface area contributed by atoms with Crippen LogP contribution in [-0.4, -0.2) is 11.0 Å². The van der Waals surface area contributed by atoms with E-state index in [1.54, 1.807) is 0 Å². The van der Waals surface area contributed by atoms with Gasteiger partial charge in [0.15, 0.2) is 0 Å². The van der Waals surface area contributed by atoms with E-state index in [1.165, 1.54) is 24.8 Å². The number of aryl methyl sites for hydroxylation is 1. The van der Waals surface area contributed by atoms with Gasteiger partial charge in [-0.25, -0.2) is 4.98 Å². The van der Waals surface area contributed by atoms with Crippen molar-refractivity contribution in [2.75, 3.05) is 5.32 Å². The largest absolute Gasteiger partial charge is 0.368 e. The van der Waals surface area contributed by atoms with Gasteiger partial charge in [0.1, 0.15) is 5.82 Å². The molecule has 0 radical (unpaired) electrons. The second-order valence-electron chi connectivity index (χ2n) is 5.19. The summed E-state index contributed by atoms with van der Waals surface area (Å²) in [6.45, 7) is 8.86. The quantitative estimate of drug-likeness (QED) is 0.817. The molecular weight excluding hydrogens is 276 g/mol. The molecule has 0 saturated heterocycles. The first-order valence-corrected chi connectivity index (χ1v) is 7.17. The highest BCUT2D eigenvalue weighted by atomic mass is 79.9. The van der Waals surface area contributed by atoms with Crippen LogP contribution in [0.1, 0.15) is 45.6 Å². The lowest BCUT2D eigenvalue weighted by atomic mass is 10.0. The van der Waals surface area contributed by atoms with Crippen LogP contribution in [0.15, 0.2) is 16.7 Å². The van der Waals surface area contributed by atoms with E-state index in [4.69, 9.17) is 0 Å². The molecule has 0 saturated carbocycles. The number of hydrogen-bond donors (Lipinski definition) is 1. The molecular formula is C14H23BrN2. The molecule has 0 aliphatic rings.